The highest BCUT2D eigenvalue weighted by Crippen LogP contribution is 2.26. The molecule has 2 rings (SSSR count). The van der Waals surface area contributed by atoms with Gasteiger partial charge in [0.15, 0.2) is 0 Å². The van der Waals surface area contributed by atoms with Crippen molar-refractivity contribution in [2.75, 3.05) is 11.9 Å². The van der Waals surface area contributed by atoms with Crippen LogP contribution in [-0.2, 0) is 11.3 Å². The lowest BCUT2D eigenvalue weighted by Gasteiger charge is -2.28. The average molecular weight is 262 g/mol. The van der Waals surface area contributed by atoms with Crippen LogP contribution in [0.3, 0.4) is 0 Å². The molecule has 106 valence electrons. The third-order valence-corrected chi connectivity index (χ3v) is 3.88. The first-order valence-corrected chi connectivity index (χ1v) is 7.60. The van der Waals surface area contributed by atoms with Crippen LogP contribution < -0.4 is 5.32 Å². The average Bonchev–Trinajstić information content (AvgIpc) is 2.45. The summed E-state index contributed by atoms with van der Waals surface area (Å²) in [4.78, 5) is 4.41. The van der Waals surface area contributed by atoms with E-state index in [1.165, 1.54) is 31.2 Å². The summed E-state index contributed by atoms with van der Waals surface area (Å²) in [5, 5.41) is 3.28. The summed E-state index contributed by atoms with van der Waals surface area (Å²) >= 11 is 0. The van der Waals surface area contributed by atoms with Crippen LogP contribution in [0.25, 0.3) is 0 Å². The molecule has 1 aliphatic carbocycles. The van der Waals surface area contributed by atoms with Crippen LogP contribution in [0.5, 0.6) is 0 Å². The number of hydrogen-bond acceptors (Lipinski definition) is 3. The monoisotopic (exact) mass is 262 g/mol. The van der Waals surface area contributed by atoms with Crippen molar-refractivity contribution in [3.63, 3.8) is 0 Å². The molecule has 1 aliphatic rings. The van der Waals surface area contributed by atoms with Crippen molar-refractivity contribution in [2.45, 2.75) is 58.7 Å². The molecule has 0 aromatic carbocycles. The van der Waals surface area contributed by atoms with Gasteiger partial charge in [0.2, 0.25) is 0 Å². The Morgan fingerprint density at radius 2 is 2.16 bits per heavy atom. The second-order valence-electron chi connectivity index (χ2n) is 5.59. The number of ether oxygens (including phenoxy) is 1. The van der Waals surface area contributed by atoms with Gasteiger partial charge in [0.05, 0.1) is 12.7 Å². The Bertz CT molecular complexity index is 364. The Morgan fingerprint density at radius 1 is 1.32 bits per heavy atom. The van der Waals surface area contributed by atoms with Crippen molar-refractivity contribution in [2.24, 2.45) is 5.92 Å². The number of pyridine rings is 1. The maximum Gasteiger partial charge on any atom is 0.125 e. The largest absolute Gasteiger partial charge is 0.373 e. The Morgan fingerprint density at radius 3 is 2.84 bits per heavy atom. The van der Waals surface area contributed by atoms with Crippen LogP contribution in [0.1, 0.15) is 51.5 Å². The molecule has 2 atom stereocenters. The fraction of sp³-hybridized carbons (Fsp3) is 0.688. The van der Waals surface area contributed by atoms with Gasteiger partial charge in [-0.1, -0.05) is 32.8 Å². The zero-order valence-electron chi connectivity index (χ0n) is 12.2. The van der Waals surface area contributed by atoms with E-state index in [1.807, 2.05) is 12.3 Å². The molecule has 0 saturated heterocycles. The summed E-state index contributed by atoms with van der Waals surface area (Å²) < 4.78 is 6.04. The number of nitrogens with zero attached hydrogens (tertiary/aromatic N) is 1. The molecule has 0 spiro atoms. The predicted molar refractivity (Wildman–Crippen MR) is 79.2 cm³/mol. The van der Waals surface area contributed by atoms with E-state index >= 15 is 0 Å². The summed E-state index contributed by atoms with van der Waals surface area (Å²) in [5.41, 5.74) is 1.17. The molecule has 1 saturated carbocycles. The van der Waals surface area contributed by atoms with E-state index < -0.39 is 0 Å². The first-order valence-electron chi connectivity index (χ1n) is 7.60. The van der Waals surface area contributed by atoms with E-state index in [9.17, 15) is 0 Å². The van der Waals surface area contributed by atoms with Gasteiger partial charge in [-0.05, 0) is 36.8 Å². The van der Waals surface area contributed by atoms with Crippen molar-refractivity contribution in [1.82, 2.24) is 4.98 Å². The van der Waals surface area contributed by atoms with Gasteiger partial charge < -0.3 is 10.1 Å². The van der Waals surface area contributed by atoms with Gasteiger partial charge in [0, 0.05) is 12.7 Å². The summed E-state index contributed by atoms with van der Waals surface area (Å²) in [6.45, 7) is 6.12. The lowest BCUT2D eigenvalue weighted by Crippen LogP contribution is -2.25. The molecule has 0 aliphatic heterocycles. The van der Waals surface area contributed by atoms with E-state index in [4.69, 9.17) is 4.74 Å². The number of hydrogen-bond donors (Lipinski definition) is 1. The molecular formula is C16H26N2O. The summed E-state index contributed by atoms with van der Waals surface area (Å²) in [6, 6.07) is 4.15. The highest BCUT2D eigenvalue weighted by atomic mass is 16.5. The molecule has 1 fully saturated rings. The molecule has 3 heteroatoms. The number of anilines is 1. The van der Waals surface area contributed by atoms with Crippen molar-refractivity contribution in [1.29, 1.82) is 0 Å². The molecule has 2 unspecified atom stereocenters. The van der Waals surface area contributed by atoms with E-state index in [1.54, 1.807) is 0 Å². The molecule has 1 aromatic heterocycles. The number of rotatable bonds is 6. The molecule has 1 heterocycles. The fourth-order valence-electron chi connectivity index (χ4n) is 2.60. The highest BCUT2D eigenvalue weighted by molar-refractivity contribution is 5.35. The van der Waals surface area contributed by atoms with Gasteiger partial charge in [0.1, 0.15) is 5.82 Å². The van der Waals surface area contributed by atoms with Gasteiger partial charge in [-0.15, -0.1) is 0 Å². The molecule has 1 N–H and O–H groups in total. The van der Waals surface area contributed by atoms with Gasteiger partial charge in [-0.25, -0.2) is 4.98 Å². The van der Waals surface area contributed by atoms with Gasteiger partial charge in [-0.2, -0.15) is 0 Å². The minimum Gasteiger partial charge on any atom is -0.373 e. The zero-order valence-corrected chi connectivity index (χ0v) is 12.2. The van der Waals surface area contributed by atoms with Gasteiger partial charge in [0.25, 0.3) is 0 Å². The lowest BCUT2D eigenvalue weighted by atomic mass is 9.88. The molecule has 1 aromatic rings. The van der Waals surface area contributed by atoms with Crippen LogP contribution in [0, 0.1) is 5.92 Å². The molecule has 0 amide bonds. The normalized spacial score (nSPS) is 23.3. The Kier molecular flexibility index (Phi) is 5.64. The highest BCUT2D eigenvalue weighted by Gasteiger charge is 2.21. The van der Waals surface area contributed by atoms with Crippen LogP contribution in [0.15, 0.2) is 18.3 Å². The first kappa shape index (κ1) is 14.3. The second-order valence-corrected chi connectivity index (χ2v) is 5.59. The second kappa shape index (κ2) is 7.49. The van der Waals surface area contributed by atoms with E-state index in [-0.39, 0.29) is 0 Å². The molecule has 0 radical (unpaired) electrons. The Balaban J connectivity index is 1.79. The third kappa shape index (κ3) is 4.50. The lowest BCUT2D eigenvalue weighted by molar-refractivity contribution is -0.0155. The Hall–Kier alpha value is -1.09. The van der Waals surface area contributed by atoms with Crippen molar-refractivity contribution in [3.8, 4) is 0 Å². The predicted octanol–water partition coefficient (Wildman–Crippen LogP) is 4.00. The van der Waals surface area contributed by atoms with Crippen molar-refractivity contribution in [3.05, 3.63) is 23.9 Å². The molecular weight excluding hydrogens is 236 g/mol. The van der Waals surface area contributed by atoms with E-state index in [2.05, 4.69) is 30.2 Å². The van der Waals surface area contributed by atoms with Crippen molar-refractivity contribution >= 4 is 5.82 Å². The third-order valence-electron chi connectivity index (χ3n) is 3.88. The first-order chi connectivity index (χ1) is 9.29. The molecule has 19 heavy (non-hydrogen) atoms. The summed E-state index contributed by atoms with van der Waals surface area (Å²) in [6.07, 6.45) is 8.67. The van der Waals surface area contributed by atoms with E-state index in [0.717, 1.165) is 18.8 Å². The summed E-state index contributed by atoms with van der Waals surface area (Å²) in [7, 11) is 0. The number of nitrogens with one attached hydrogen (secondary N) is 1. The SMILES string of the molecule is CCCNc1ccc(COC2CCCCC2C)cn1. The topological polar surface area (TPSA) is 34.1 Å². The molecule has 3 nitrogen and oxygen atoms in total. The van der Waals surface area contributed by atoms with Crippen LogP contribution in [0.2, 0.25) is 0 Å². The van der Waals surface area contributed by atoms with Crippen LogP contribution >= 0.6 is 0 Å². The molecule has 0 bridgehead atoms. The quantitative estimate of drug-likeness (QED) is 0.841. The van der Waals surface area contributed by atoms with Crippen LogP contribution in [0.4, 0.5) is 5.82 Å². The Labute approximate surface area is 116 Å². The van der Waals surface area contributed by atoms with Crippen LogP contribution in [-0.4, -0.2) is 17.6 Å². The minimum absolute atomic E-state index is 0.437. The van der Waals surface area contributed by atoms with Crippen molar-refractivity contribution < 1.29 is 4.74 Å². The number of aromatic nitrogens is 1. The fourth-order valence-corrected chi connectivity index (χ4v) is 2.60. The maximum atomic E-state index is 6.04. The maximum absolute atomic E-state index is 6.04. The van der Waals surface area contributed by atoms with Gasteiger partial charge >= 0.3 is 0 Å². The zero-order chi connectivity index (χ0) is 13.5. The van der Waals surface area contributed by atoms with Gasteiger partial charge in [-0.3, -0.25) is 0 Å². The minimum atomic E-state index is 0.437. The smallest absolute Gasteiger partial charge is 0.125 e. The standard InChI is InChI=1S/C16H26N2O/c1-3-10-17-16-9-8-14(11-18-16)12-19-15-7-5-4-6-13(15)2/h8-9,11,13,15H,3-7,10,12H2,1-2H3,(H,17,18). The van der Waals surface area contributed by atoms with E-state index in [0.29, 0.717) is 18.6 Å². The summed E-state index contributed by atoms with van der Waals surface area (Å²) in [5.74, 6) is 1.66.